The normalized spacial score (nSPS) is 19.3. The summed E-state index contributed by atoms with van der Waals surface area (Å²) in [4.78, 5) is 25.3. The molecule has 1 unspecified atom stereocenters. The zero-order chi connectivity index (χ0) is 15.7. The Morgan fingerprint density at radius 1 is 1.43 bits per heavy atom. The van der Waals surface area contributed by atoms with Crippen LogP contribution in [0.4, 0.5) is 4.39 Å². The number of nitrogens with zero attached hydrogens (tertiary/aromatic N) is 1. The topological polar surface area (TPSA) is 83.6 Å². The average Bonchev–Trinajstić information content (AvgIpc) is 2.43. The van der Waals surface area contributed by atoms with E-state index >= 15 is 0 Å². The molecule has 1 aromatic rings. The molecule has 0 radical (unpaired) electrons. The minimum atomic E-state index is -1.13. The summed E-state index contributed by atoms with van der Waals surface area (Å²) < 4.78 is 13.3. The minimum absolute atomic E-state index is 0.0819. The zero-order valence-electron chi connectivity index (χ0n) is 12.0. The molecule has 1 aliphatic heterocycles. The van der Waals surface area contributed by atoms with E-state index in [9.17, 15) is 19.1 Å². The third kappa shape index (κ3) is 2.90. The average molecular weight is 294 g/mol. The highest BCUT2D eigenvalue weighted by Crippen LogP contribution is 2.31. The van der Waals surface area contributed by atoms with E-state index in [-0.39, 0.29) is 18.4 Å². The number of carbonyl (C=O) groups is 2. The monoisotopic (exact) mass is 294 g/mol. The van der Waals surface area contributed by atoms with E-state index in [4.69, 9.17) is 5.73 Å². The number of carboxylic acid groups (broad SMARTS) is 1. The molecule has 2 rings (SSSR count). The lowest BCUT2D eigenvalue weighted by atomic mass is 9.91. The summed E-state index contributed by atoms with van der Waals surface area (Å²) in [5.41, 5.74) is 6.94. The maximum Gasteiger partial charge on any atom is 0.331 e. The van der Waals surface area contributed by atoms with E-state index in [1.807, 2.05) is 13.8 Å². The summed E-state index contributed by atoms with van der Waals surface area (Å²) in [6, 6.07) is 2.13. The van der Waals surface area contributed by atoms with Crippen LogP contribution in [0.5, 0.6) is 0 Å². The number of amides is 1. The summed E-state index contributed by atoms with van der Waals surface area (Å²) in [5, 5.41) is 9.47. The van der Waals surface area contributed by atoms with Gasteiger partial charge in [0.15, 0.2) is 6.04 Å². The number of nitrogens with two attached hydrogens (primary N) is 1. The van der Waals surface area contributed by atoms with Crippen molar-refractivity contribution in [1.82, 2.24) is 4.90 Å². The van der Waals surface area contributed by atoms with Crippen molar-refractivity contribution in [3.05, 3.63) is 35.1 Å². The standard InChI is InChI=1S/C15H19FN2O3/c1-8(2)12(17)14(19)18-6-5-9-7-10(16)3-4-11(9)13(18)15(20)21/h3-4,7-8,12-13H,5-6,17H2,1-2H3,(H,20,21)/t12-,13?/m0/s1. The SMILES string of the molecule is CC(C)[C@H](N)C(=O)N1CCc2cc(F)ccc2C1C(=O)O. The van der Waals surface area contributed by atoms with Gasteiger partial charge in [0, 0.05) is 6.54 Å². The first kappa shape index (κ1) is 15.4. The molecule has 1 amide bonds. The van der Waals surface area contributed by atoms with Gasteiger partial charge in [-0.1, -0.05) is 19.9 Å². The highest BCUT2D eigenvalue weighted by atomic mass is 19.1. The second kappa shape index (κ2) is 5.81. The van der Waals surface area contributed by atoms with Crippen molar-refractivity contribution in [2.24, 2.45) is 11.7 Å². The third-order valence-corrected chi connectivity index (χ3v) is 3.85. The number of fused-ring (bicyclic) bond motifs is 1. The van der Waals surface area contributed by atoms with Crippen LogP contribution in [0.3, 0.4) is 0 Å². The molecule has 0 saturated heterocycles. The smallest absolute Gasteiger partial charge is 0.331 e. The van der Waals surface area contributed by atoms with Crippen LogP contribution in [0.2, 0.25) is 0 Å². The quantitative estimate of drug-likeness (QED) is 0.880. The largest absolute Gasteiger partial charge is 0.479 e. The molecule has 21 heavy (non-hydrogen) atoms. The third-order valence-electron chi connectivity index (χ3n) is 3.85. The Balaban J connectivity index is 2.39. The summed E-state index contributed by atoms with van der Waals surface area (Å²) in [7, 11) is 0. The Hall–Kier alpha value is -1.95. The molecule has 0 fully saturated rings. The van der Waals surface area contributed by atoms with Gasteiger partial charge in [-0.3, -0.25) is 4.79 Å². The van der Waals surface area contributed by atoms with E-state index < -0.39 is 23.9 Å². The number of benzene rings is 1. The van der Waals surface area contributed by atoms with Crippen molar-refractivity contribution in [3.8, 4) is 0 Å². The molecule has 3 N–H and O–H groups in total. The Morgan fingerprint density at radius 3 is 2.67 bits per heavy atom. The van der Waals surface area contributed by atoms with Crippen LogP contribution < -0.4 is 5.73 Å². The number of hydrogen-bond acceptors (Lipinski definition) is 3. The number of carbonyl (C=O) groups excluding carboxylic acids is 1. The van der Waals surface area contributed by atoms with Crippen LogP contribution >= 0.6 is 0 Å². The number of halogens is 1. The van der Waals surface area contributed by atoms with Gasteiger partial charge in [-0.05, 0) is 35.6 Å². The first-order valence-corrected chi connectivity index (χ1v) is 6.90. The summed E-state index contributed by atoms with van der Waals surface area (Å²) in [6.07, 6.45) is 0.424. The maximum atomic E-state index is 13.3. The molecule has 6 heteroatoms. The first-order chi connectivity index (χ1) is 9.82. The lowest BCUT2D eigenvalue weighted by Gasteiger charge is -2.36. The predicted molar refractivity (Wildman–Crippen MR) is 75.0 cm³/mol. The summed E-state index contributed by atoms with van der Waals surface area (Å²) in [6.45, 7) is 3.85. The molecule has 0 aromatic heterocycles. The molecule has 5 nitrogen and oxygen atoms in total. The van der Waals surface area contributed by atoms with Gasteiger partial charge in [0.25, 0.3) is 0 Å². The fourth-order valence-electron chi connectivity index (χ4n) is 2.58. The molecule has 0 bridgehead atoms. The molecule has 0 spiro atoms. The Morgan fingerprint density at radius 2 is 2.10 bits per heavy atom. The second-order valence-electron chi connectivity index (χ2n) is 5.64. The van der Waals surface area contributed by atoms with Gasteiger partial charge in [-0.25, -0.2) is 9.18 Å². The molecular weight excluding hydrogens is 275 g/mol. The number of hydrogen-bond donors (Lipinski definition) is 2. The van der Waals surface area contributed by atoms with Crippen molar-refractivity contribution in [2.75, 3.05) is 6.54 Å². The molecule has 2 atom stereocenters. The molecule has 1 heterocycles. The van der Waals surface area contributed by atoms with Crippen molar-refractivity contribution < 1.29 is 19.1 Å². The zero-order valence-corrected chi connectivity index (χ0v) is 12.0. The molecule has 0 saturated carbocycles. The second-order valence-corrected chi connectivity index (χ2v) is 5.64. The maximum absolute atomic E-state index is 13.3. The van der Waals surface area contributed by atoms with Crippen LogP contribution in [0.15, 0.2) is 18.2 Å². The highest BCUT2D eigenvalue weighted by molar-refractivity contribution is 5.88. The van der Waals surface area contributed by atoms with E-state index in [0.29, 0.717) is 17.5 Å². The van der Waals surface area contributed by atoms with Crippen LogP contribution in [-0.2, 0) is 16.0 Å². The molecule has 1 aromatic carbocycles. The van der Waals surface area contributed by atoms with Gasteiger partial charge in [-0.15, -0.1) is 0 Å². The van der Waals surface area contributed by atoms with E-state index in [0.717, 1.165) is 0 Å². The summed E-state index contributed by atoms with van der Waals surface area (Å²) >= 11 is 0. The van der Waals surface area contributed by atoms with E-state index in [2.05, 4.69) is 0 Å². The van der Waals surface area contributed by atoms with Gasteiger partial charge < -0.3 is 15.7 Å². The van der Waals surface area contributed by atoms with Crippen LogP contribution in [0.1, 0.15) is 31.0 Å². The van der Waals surface area contributed by atoms with Crippen LogP contribution in [-0.4, -0.2) is 34.5 Å². The van der Waals surface area contributed by atoms with Gasteiger partial charge in [-0.2, -0.15) is 0 Å². The Kier molecular flexibility index (Phi) is 4.27. The van der Waals surface area contributed by atoms with Gasteiger partial charge in [0.1, 0.15) is 5.82 Å². The number of rotatable bonds is 3. The first-order valence-electron chi connectivity index (χ1n) is 6.90. The Bertz CT molecular complexity index is 574. The van der Waals surface area contributed by atoms with Crippen molar-refractivity contribution in [3.63, 3.8) is 0 Å². The fourth-order valence-corrected chi connectivity index (χ4v) is 2.58. The molecule has 114 valence electrons. The van der Waals surface area contributed by atoms with Crippen LogP contribution in [0.25, 0.3) is 0 Å². The van der Waals surface area contributed by atoms with Crippen LogP contribution in [0, 0.1) is 11.7 Å². The minimum Gasteiger partial charge on any atom is -0.479 e. The van der Waals surface area contributed by atoms with E-state index in [1.54, 1.807) is 0 Å². The predicted octanol–water partition coefficient (Wildman–Crippen LogP) is 1.32. The fraction of sp³-hybridized carbons (Fsp3) is 0.467. The van der Waals surface area contributed by atoms with Crippen molar-refractivity contribution in [1.29, 1.82) is 0 Å². The number of aliphatic carboxylic acids is 1. The lowest BCUT2D eigenvalue weighted by Crippen LogP contribution is -2.51. The molecule has 1 aliphatic rings. The van der Waals surface area contributed by atoms with Crippen molar-refractivity contribution in [2.45, 2.75) is 32.4 Å². The summed E-state index contributed by atoms with van der Waals surface area (Å²) in [5.74, 6) is -2.00. The highest BCUT2D eigenvalue weighted by Gasteiger charge is 2.38. The van der Waals surface area contributed by atoms with Gasteiger partial charge in [0.2, 0.25) is 5.91 Å². The number of carboxylic acids is 1. The Labute approximate surface area is 122 Å². The molecule has 0 aliphatic carbocycles. The van der Waals surface area contributed by atoms with Gasteiger partial charge >= 0.3 is 5.97 Å². The molecular formula is C15H19FN2O3. The van der Waals surface area contributed by atoms with Gasteiger partial charge in [0.05, 0.1) is 6.04 Å². The lowest BCUT2D eigenvalue weighted by molar-refractivity contribution is -0.152. The van der Waals surface area contributed by atoms with E-state index in [1.165, 1.54) is 23.1 Å². The van der Waals surface area contributed by atoms with Crippen molar-refractivity contribution >= 4 is 11.9 Å².